The Bertz CT molecular complexity index is 1510. The largest absolute Gasteiger partial charge is 0.264 e. The van der Waals surface area contributed by atoms with E-state index in [4.69, 9.17) is 0 Å². The molecule has 0 N–H and O–H groups in total. The second kappa shape index (κ2) is 9.72. The number of hydrogen-bond acceptors (Lipinski definition) is 4. The highest BCUT2D eigenvalue weighted by Gasteiger charge is 2.14. The predicted octanol–water partition coefficient (Wildman–Crippen LogP) is 7.60. The minimum atomic E-state index is 0.639. The Morgan fingerprint density at radius 1 is 0.389 bits per heavy atom. The van der Waals surface area contributed by atoms with Gasteiger partial charge in [0.05, 0.1) is 0 Å². The quantitative estimate of drug-likeness (QED) is 0.265. The molecule has 0 aliphatic heterocycles. The molecule has 0 bridgehead atoms. The highest BCUT2D eigenvalue weighted by molar-refractivity contribution is 5.90. The molecule has 4 nitrogen and oxygen atoms in total. The van der Waals surface area contributed by atoms with Crippen molar-refractivity contribution in [2.45, 2.75) is 0 Å². The Morgan fingerprint density at radius 3 is 1.53 bits per heavy atom. The van der Waals surface area contributed by atoms with Gasteiger partial charge in [0.15, 0.2) is 5.82 Å². The maximum atomic E-state index is 4.45. The molecule has 4 heteroatoms. The summed E-state index contributed by atoms with van der Waals surface area (Å²) in [5, 5.41) is 0. The van der Waals surface area contributed by atoms with E-state index < -0.39 is 0 Å². The van der Waals surface area contributed by atoms with Crippen LogP contribution < -0.4 is 0 Å². The van der Waals surface area contributed by atoms with Crippen LogP contribution in [0.5, 0.6) is 0 Å². The number of hydrogen-bond donors (Lipinski definition) is 0. The highest BCUT2D eigenvalue weighted by atomic mass is 15.0. The molecule has 0 aliphatic carbocycles. The maximum Gasteiger partial charge on any atom is 0.162 e. The molecule has 2 heterocycles. The Kier molecular flexibility index (Phi) is 5.83. The van der Waals surface area contributed by atoms with Gasteiger partial charge in [-0.2, -0.15) is 0 Å². The summed E-state index contributed by atoms with van der Waals surface area (Å²) in [6.07, 6.45) is 6.84. The minimum Gasteiger partial charge on any atom is -0.264 e. The van der Waals surface area contributed by atoms with Crippen molar-refractivity contribution in [3.63, 3.8) is 0 Å². The Hall–Kier alpha value is -4.96. The highest BCUT2D eigenvalue weighted by Crippen LogP contribution is 2.39. The van der Waals surface area contributed by atoms with Gasteiger partial charge in [-0.05, 0) is 63.2 Å². The van der Waals surface area contributed by atoms with E-state index in [0.717, 1.165) is 38.9 Å². The lowest BCUT2D eigenvalue weighted by molar-refractivity contribution is 1.06. The molecule has 0 aliphatic rings. The van der Waals surface area contributed by atoms with Gasteiger partial charge in [-0.15, -0.1) is 0 Å². The topological polar surface area (TPSA) is 51.6 Å². The number of pyridine rings is 1. The van der Waals surface area contributed by atoms with Crippen LogP contribution in [-0.4, -0.2) is 19.9 Å². The third kappa shape index (κ3) is 4.28. The van der Waals surface area contributed by atoms with Crippen molar-refractivity contribution in [1.29, 1.82) is 0 Å². The van der Waals surface area contributed by atoms with Crippen LogP contribution in [0, 0.1) is 0 Å². The molecule has 0 radical (unpaired) electrons. The number of nitrogens with zero attached hydrogens (tertiary/aromatic N) is 4. The van der Waals surface area contributed by atoms with Gasteiger partial charge in [0.2, 0.25) is 0 Å². The summed E-state index contributed by atoms with van der Waals surface area (Å²) in [6, 6.07) is 37.9. The smallest absolute Gasteiger partial charge is 0.162 e. The molecule has 36 heavy (non-hydrogen) atoms. The van der Waals surface area contributed by atoms with Crippen molar-refractivity contribution in [2.24, 2.45) is 0 Å². The van der Waals surface area contributed by atoms with Crippen LogP contribution in [0.1, 0.15) is 0 Å². The standard InChI is InChI=1S/C32H22N4/c1-3-9-23(10-4-1)28-13-7-8-14-29(28)25-17-26(19-27(18-25)32-35-21-34-22-36-32)30-15-16-33-20-31(30)24-11-5-2-6-12-24/h1-22H. The van der Waals surface area contributed by atoms with Crippen LogP contribution in [0.4, 0.5) is 0 Å². The molecular weight excluding hydrogens is 440 g/mol. The minimum absolute atomic E-state index is 0.639. The maximum absolute atomic E-state index is 4.45. The van der Waals surface area contributed by atoms with Crippen LogP contribution in [0.25, 0.3) is 55.9 Å². The monoisotopic (exact) mass is 462 g/mol. The summed E-state index contributed by atoms with van der Waals surface area (Å²) in [4.78, 5) is 17.3. The normalized spacial score (nSPS) is 10.8. The fourth-order valence-electron chi connectivity index (χ4n) is 4.55. The first kappa shape index (κ1) is 21.6. The average Bonchev–Trinajstić information content (AvgIpc) is 2.98. The molecule has 6 rings (SSSR count). The molecule has 6 aromatic rings. The molecule has 4 aromatic carbocycles. The summed E-state index contributed by atoms with van der Waals surface area (Å²) >= 11 is 0. The first-order valence-electron chi connectivity index (χ1n) is 11.8. The van der Waals surface area contributed by atoms with E-state index in [2.05, 4.69) is 117 Å². The summed E-state index contributed by atoms with van der Waals surface area (Å²) in [5.41, 5.74) is 9.91. The molecule has 0 fully saturated rings. The second-order valence-electron chi connectivity index (χ2n) is 8.46. The Morgan fingerprint density at radius 2 is 0.889 bits per heavy atom. The van der Waals surface area contributed by atoms with Gasteiger partial charge in [-0.25, -0.2) is 15.0 Å². The van der Waals surface area contributed by atoms with Crippen molar-refractivity contribution in [3.8, 4) is 55.9 Å². The van der Waals surface area contributed by atoms with E-state index in [-0.39, 0.29) is 0 Å². The van der Waals surface area contributed by atoms with Crippen LogP contribution in [0.2, 0.25) is 0 Å². The molecule has 0 unspecified atom stereocenters. The van der Waals surface area contributed by atoms with E-state index in [9.17, 15) is 0 Å². The zero-order chi connectivity index (χ0) is 24.2. The first-order valence-corrected chi connectivity index (χ1v) is 11.8. The summed E-state index contributed by atoms with van der Waals surface area (Å²) in [5.74, 6) is 0.639. The summed E-state index contributed by atoms with van der Waals surface area (Å²) in [6.45, 7) is 0. The Labute approximate surface area is 210 Å². The van der Waals surface area contributed by atoms with Crippen LogP contribution in [-0.2, 0) is 0 Å². The van der Waals surface area contributed by atoms with Gasteiger partial charge in [-0.3, -0.25) is 4.98 Å². The van der Waals surface area contributed by atoms with Crippen LogP contribution in [0.3, 0.4) is 0 Å². The third-order valence-electron chi connectivity index (χ3n) is 6.22. The fourth-order valence-corrected chi connectivity index (χ4v) is 4.55. The van der Waals surface area contributed by atoms with Gasteiger partial charge < -0.3 is 0 Å². The third-order valence-corrected chi connectivity index (χ3v) is 6.22. The van der Waals surface area contributed by atoms with Gasteiger partial charge in [-0.1, -0.05) is 84.9 Å². The van der Waals surface area contributed by atoms with Gasteiger partial charge in [0, 0.05) is 23.5 Å². The average molecular weight is 463 g/mol. The summed E-state index contributed by atoms with van der Waals surface area (Å²) < 4.78 is 0. The molecule has 2 aromatic heterocycles. The lowest BCUT2D eigenvalue weighted by Gasteiger charge is -2.15. The SMILES string of the molecule is c1ccc(-c2ccccc2-c2cc(-c3ncncn3)cc(-c3ccncc3-c3ccccc3)c2)cc1. The lowest BCUT2D eigenvalue weighted by atomic mass is 9.89. The Balaban J connectivity index is 1.59. The zero-order valence-electron chi connectivity index (χ0n) is 19.5. The molecule has 170 valence electrons. The lowest BCUT2D eigenvalue weighted by Crippen LogP contribution is -1.94. The van der Waals surface area contributed by atoms with Gasteiger partial charge >= 0.3 is 0 Å². The van der Waals surface area contributed by atoms with Gasteiger partial charge in [0.1, 0.15) is 12.7 Å². The van der Waals surface area contributed by atoms with Crippen molar-refractivity contribution < 1.29 is 0 Å². The molecule has 0 saturated heterocycles. The van der Waals surface area contributed by atoms with Crippen molar-refractivity contribution >= 4 is 0 Å². The fraction of sp³-hybridized carbons (Fsp3) is 0. The van der Waals surface area contributed by atoms with Crippen molar-refractivity contribution in [2.75, 3.05) is 0 Å². The molecule has 0 atom stereocenters. The number of benzene rings is 4. The van der Waals surface area contributed by atoms with E-state index in [1.54, 1.807) is 0 Å². The van der Waals surface area contributed by atoms with E-state index in [1.165, 1.54) is 23.8 Å². The van der Waals surface area contributed by atoms with Crippen molar-refractivity contribution in [1.82, 2.24) is 19.9 Å². The first-order chi connectivity index (χ1) is 17.9. The van der Waals surface area contributed by atoms with E-state index >= 15 is 0 Å². The number of rotatable bonds is 5. The summed E-state index contributed by atoms with van der Waals surface area (Å²) in [7, 11) is 0. The van der Waals surface area contributed by atoms with Crippen molar-refractivity contribution in [3.05, 3.63) is 134 Å². The molecule has 0 saturated carbocycles. The van der Waals surface area contributed by atoms with E-state index in [1.807, 2.05) is 24.5 Å². The number of aromatic nitrogens is 4. The molecule has 0 amide bonds. The van der Waals surface area contributed by atoms with E-state index in [0.29, 0.717) is 5.82 Å². The predicted molar refractivity (Wildman–Crippen MR) is 145 cm³/mol. The second-order valence-corrected chi connectivity index (χ2v) is 8.46. The molecule has 0 spiro atoms. The molecular formula is C32H22N4. The zero-order valence-corrected chi connectivity index (χ0v) is 19.5. The van der Waals surface area contributed by atoms with Crippen LogP contribution in [0.15, 0.2) is 134 Å². The van der Waals surface area contributed by atoms with Crippen LogP contribution >= 0.6 is 0 Å². The van der Waals surface area contributed by atoms with Gasteiger partial charge in [0.25, 0.3) is 0 Å².